The summed E-state index contributed by atoms with van der Waals surface area (Å²) in [4.78, 5) is 0.0377. The van der Waals surface area contributed by atoms with Crippen molar-refractivity contribution in [2.75, 3.05) is 7.11 Å². The standard InChI is InChI=1S/C22H26N2O5S/c1-14(2)28-19-9-6-17(7-10-19)13-23-30(25,26)21-12-18(8-11-20(21)27-5)22-15(3)16(4)24-29-22/h6-12,14,23H,13H2,1-5H3. The first kappa shape index (κ1) is 21.9. The van der Waals surface area contributed by atoms with Crippen molar-refractivity contribution in [3.8, 4) is 22.8 Å². The molecule has 0 aliphatic carbocycles. The maximum atomic E-state index is 13.0. The molecule has 0 bridgehead atoms. The highest BCUT2D eigenvalue weighted by Crippen LogP contribution is 2.32. The van der Waals surface area contributed by atoms with Crippen molar-refractivity contribution in [2.24, 2.45) is 0 Å². The molecule has 0 aliphatic rings. The number of benzene rings is 2. The van der Waals surface area contributed by atoms with Crippen molar-refractivity contribution in [1.29, 1.82) is 0 Å². The highest BCUT2D eigenvalue weighted by molar-refractivity contribution is 7.89. The third-order valence-electron chi connectivity index (χ3n) is 4.63. The van der Waals surface area contributed by atoms with Gasteiger partial charge < -0.3 is 14.0 Å². The van der Waals surface area contributed by atoms with Gasteiger partial charge in [-0.25, -0.2) is 13.1 Å². The van der Waals surface area contributed by atoms with Crippen LogP contribution in [0.1, 0.15) is 30.7 Å². The van der Waals surface area contributed by atoms with Crippen LogP contribution in [0.25, 0.3) is 11.3 Å². The molecule has 0 aliphatic heterocycles. The predicted octanol–water partition coefficient (Wildman–Crippen LogP) is 4.23. The van der Waals surface area contributed by atoms with Gasteiger partial charge in [0.2, 0.25) is 10.0 Å². The summed E-state index contributed by atoms with van der Waals surface area (Å²) in [6.07, 6.45) is 0.0749. The van der Waals surface area contributed by atoms with Gasteiger partial charge in [0.15, 0.2) is 5.76 Å². The number of ether oxygens (including phenoxy) is 2. The lowest BCUT2D eigenvalue weighted by atomic mass is 10.1. The Hall–Kier alpha value is -2.84. The molecule has 160 valence electrons. The number of methoxy groups -OCH3 is 1. The maximum absolute atomic E-state index is 13.0. The van der Waals surface area contributed by atoms with Gasteiger partial charge in [0, 0.05) is 17.7 Å². The molecule has 0 saturated heterocycles. The molecule has 0 spiro atoms. The molecule has 1 aromatic heterocycles. The molecule has 1 heterocycles. The fourth-order valence-corrected chi connectivity index (χ4v) is 4.14. The number of rotatable bonds is 8. The van der Waals surface area contributed by atoms with Crippen molar-refractivity contribution in [2.45, 2.75) is 45.2 Å². The molecular weight excluding hydrogens is 404 g/mol. The Balaban J connectivity index is 1.84. The zero-order valence-corrected chi connectivity index (χ0v) is 18.5. The van der Waals surface area contributed by atoms with E-state index in [2.05, 4.69) is 9.88 Å². The Labute approximate surface area is 177 Å². The predicted molar refractivity (Wildman–Crippen MR) is 114 cm³/mol. The molecule has 0 atom stereocenters. The van der Waals surface area contributed by atoms with Crippen LogP contribution in [0.2, 0.25) is 0 Å². The second-order valence-electron chi connectivity index (χ2n) is 7.22. The van der Waals surface area contributed by atoms with Crippen molar-refractivity contribution in [1.82, 2.24) is 9.88 Å². The summed E-state index contributed by atoms with van der Waals surface area (Å²) in [7, 11) is -2.40. The first-order valence-electron chi connectivity index (χ1n) is 9.58. The molecule has 0 saturated carbocycles. The number of hydrogen-bond acceptors (Lipinski definition) is 6. The van der Waals surface area contributed by atoms with Crippen LogP contribution < -0.4 is 14.2 Å². The number of sulfonamides is 1. The summed E-state index contributed by atoms with van der Waals surface area (Å²) in [5, 5.41) is 3.95. The Morgan fingerprint density at radius 3 is 2.37 bits per heavy atom. The van der Waals surface area contributed by atoms with Crippen LogP contribution in [0, 0.1) is 13.8 Å². The number of aromatic nitrogens is 1. The summed E-state index contributed by atoms with van der Waals surface area (Å²) in [6.45, 7) is 7.75. The normalized spacial score (nSPS) is 11.7. The van der Waals surface area contributed by atoms with E-state index in [1.807, 2.05) is 52.0 Å². The van der Waals surface area contributed by atoms with Crippen molar-refractivity contribution in [3.05, 3.63) is 59.3 Å². The first-order valence-corrected chi connectivity index (χ1v) is 11.1. The van der Waals surface area contributed by atoms with E-state index in [9.17, 15) is 8.42 Å². The van der Waals surface area contributed by atoms with Gasteiger partial charge in [-0.05, 0) is 63.6 Å². The Morgan fingerprint density at radius 1 is 1.10 bits per heavy atom. The van der Waals surface area contributed by atoms with Crippen molar-refractivity contribution < 1.29 is 22.4 Å². The third-order valence-corrected chi connectivity index (χ3v) is 6.06. The van der Waals surface area contributed by atoms with E-state index in [0.29, 0.717) is 11.3 Å². The topological polar surface area (TPSA) is 90.7 Å². The van der Waals surface area contributed by atoms with Gasteiger partial charge in [-0.1, -0.05) is 17.3 Å². The smallest absolute Gasteiger partial charge is 0.244 e. The van der Waals surface area contributed by atoms with E-state index in [4.69, 9.17) is 14.0 Å². The second kappa shape index (κ2) is 8.89. The minimum absolute atomic E-state index is 0.0377. The lowest BCUT2D eigenvalue weighted by molar-refractivity contribution is 0.242. The van der Waals surface area contributed by atoms with Crippen LogP contribution in [0.15, 0.2) is 51.9 Å². The lowest BCUT2D eigenvalue weighted by Gasteiger charge is -2.13. The zero-order valence-electron chi connectivity index (χ0n) is 17.7. The van der Waals surface area contributed by atoms with Crippen LogP contribution in [-0.4, -0.2) is 26.8 Å². The zero-order chi connectivity index (χ0) is 21.9. The van der Waals surface area contributed by atoms with E-state index in [1.165, 1.54) is 13.2 Å². The molecule has 0 radical (unpaired) electrons. The number of hydrogen-bond donors (Lipinski definition) is 1. The van der Waals surface area contributed by atoms with Crippen LogP contribution in [0.4, 0.5) is 0 Å². The van der Waals surface area contributed by atoms with Gasteiger partial charge in [0.25, 0.3) is 0 Å². The van der Waals surface area contributed by atoms with Gasteiger partial charge in [0.1, 0.15) is 16.4 Å². The highest BCUT2D eigenvalue weighted by Gasteiger charge is 2.22. The van der Waals surface area contributed by atoms with Crippen molar-refractivity contribution >= 4 is 10.0 Å². The Bertz CT molecular complexity index is 1120. The molecule has 0 amide bonds. The fraction of sp³-hybridized carbons (Fsp3) is 0.318. The SMILES string of the molecule is COc1ccc(-c2onc(C)c2C)cc1S(=O)(=O)NCc1ccc(OC(C)C)cc1. The van der Waals surface area contributed by atoms with Crippen molar-refractivity contribution in [3.63, 3.8) is 0 Å². The summed E-state index contributed by atoms with van der Waals surface area (Å²) in [5.74, 6) is 1.52. The number of aryl methyl sites for hydroxylation is 1. The minimum atomic E-state index is -3.84. The Kier molecular flexibility index (Phi) is 6.48. The third kappa shape index (κ3) is 4.83. The van der Waals surface area contributed by atoms with Gasteiger partial charge in [0.05, 0.1) is 18.9 Å². The summed E-state index contributed by atoms with van der Waals surface area (Å²) < 4.78 is 44.9. The Morgan fingerprint density at radius 2 is 1.80 bits per heavy atom. The van der Waals surface area contributed by atoms with E-state index in [0.717, 1.165) is 22.6 Å². The quantitative estimate of drug-likeness (QED) is 0.575. The van der Waals surface area contributed by atoms with Gasteiger partial charge in [-0.2, -0.15) is 0 Å². The molecule has 2 aromatic carbocycles. The molecule has 8 heteroatoms. The summed E-state index contributed by atoms with van der Waals surface area (Å²) in [6, 6.07) is 12.2. The summed E-state index contributed by atoms with van der Waals surface area (Å²) in [5.41, 5.74) is 3.05. The largest absolute Gasteiger partial charge is 0.495 e. The van der Waals surface area contributed by atoms with E-state index in [-0.39, 0.29) is 23.3 Å². The van der Waals surface area contributed by atoms with Crippen LogP contribution >= 0.6 is 0 Å². The monoisotopic (exact) mass is 430 g/mol. The van der Waals surface area contributed by atoms with Crippen LogP contribution in [0.5, 0.6) is 11.5 Å². The number of nitrogens with one attached hydrogen (secondary N) is 1. The average molecular weight is 431 g/mol. The molecule has 0 fully saturated rings. The highest BCUT2D eigenvalue weighted by atomic mass is 32.2. The van der Waals surface area contributed by atoms with Gasteiger partial charge >= 0.3 is 0 Å². The molecule has 3 aromatic rings. The fourth-order valence-electron chi connectivity index (χ4n) is 2.93. The average Bonchev–Trinajstić information content (AvgIpc) is 3.05. The molecule has 30 heavy (non-hydrogen) atoms. The molecule has 0 unspecified atom stereocenters. The maximum Gasteiger partial charge on any atom is 0.244 e. The molecule has 1 N–H and O–H groups in total. The second-order valence-corrected chi connectivity index (χ2v) is 8.96. The minimum Gasteiger partial charge on any atom is -0.495 e. The molecular formula is C22H26N2O5S. The molecule has 3 rings (SSSR count). The first-order chi connectivity index (χ1) is 14.2. The van der Waals surface area contributed by atoms with Crippen LogP contribution in [-0.2, 0) is 16.6 Å². The number of nitrogens with zero attached hydrogens (tertiary/aromatic N) is 1. The van der Waals surface area contributed by atoms with Crippen LogP contribution in [0.3, 0.4) is 0 Å². The van der Waals surface area contributed by atoms with E-state index in [1.54, 1.807) is 12.1 Å². The van der Waals surface area contributed by atoms with Gasteiger partial charge in [-0.3, -0.25) is 0 Å². The van der Waals surface area contributed by atoms with Gasteiger partial charge in [-0.15, -0.1) is 0 Å². The lowest BCUT2D eigenvalue weighted by Crippen LogP contribution is -2.23. The van der Waals surface area contributed by atoms with E-state index >= 15 is 0 Å². The summed E-state index contributed by atoms with van der Waals surface area (Å²) >= 11 is 0. The van der Waals surface area contributed by atoms with E-state index < -0.39 is 10.0 Å². The molecule has 7 nitrogen and oxygen atoms in total.